The first kappa shape index (κ1) is 39.1. The summed E-state index contributed by atoms with van der Waals surface area (Å²) in [6, 6.07) is 15.6. The Morgan fingerprint density at radius 2 is 1.53 bits per heavy atom. The van der Waals surface area contributed by atoms with Crippen molar-refractivity contribution in [3.8, 4) is 22.4 Å². The summed E-state index contributed by atoms with van der Waals surface area (Å²) in [7, 11) is 0. The van der Waals surface area contributed by atoms with Crippen LogP contribution < -0.4 is 31.7 Å². The average Bonchev–Trinajstić information content (AvgIpc) is 3.23. The Bertz CT molecular complexity index is 2190. The lowest BCUT2D eigenvalue weighted by molar-refractivity contribution is -0.133. The molecule has 1 unspecified atom stereocenters. The van der Waals surface area contributed by atoms with Crippen LogP contribution in [0, 0.1) is 17.6 Å². The van der Waals surface area contributed by atoms with Gasteiger partial charge in [0.15, 0.2) is 5.82 Å². The fourth-order valence-electron chi connectivity index (χ4n) is 8.92. The van der Waals surface area contributed by atoms with E-state index < -0.39 is 11.9 Å². The molecule has 0 radical (unpaired) electrons. The molecule has 3 amide bonds. The van der Waals surface area contributed by atoms with Crippen molar-refractivity contribution in [2.75, 3.05) is 41.7 Å². The van der Waals surface area contributed by atoms with E-state index >= 15 is 4.39 Å². The van der Waals surface area contributed by atoms with Gasteiger partial charge < -0.3 is 25.8 Å². The first-order valence-electron chi connectivity index (χ1n) is 20.4. The maximum absolute atomic E-state index is 15.2. The van der Waals surface area contributed by atoms with Crippen molar-refractivity contribution < 1.29 is 23.2 Å². The predicted octanol–water partition coefficient (Wildman–Crippen LogP) is 5.21. The van der Waals surface area contributed by atoms with Gasteiger partial charge in [-0.05, 0) is 99.7 Å². The second kappa shape index (κ2) is 17.4. The highest BCUT2D eigenvalue weighted by molar-refractivity contribution is 6.01. The molecule has 4 fully saturated rings. The third-order valence-electron chi connectivity index (χ3n) is 12.2. The van der Waals surface area contributed by atoms with E-state index in [-0.39, 0.29) is 59.2 Å². The molecule has 2 aromatic heterocycles. The van der Waals surface area contributed by atoms with E-state index in [1.165, 1.54) is 6.07 Å². The number of halogens is 2. The van der Waals surface area contributed by atoms with Crippen LogP contribution in [-0.2, 0) is 14.4 Å². The molecule has 15 heteroatoms. The molecule has 2 saturated carbocycles. The van der Waals surface area contributed by atoms with Crippen molar-refractivity contribution in [1.29, 1.82) is 0 Å². The molecule has 304 valence electrons. The van der Waals surface area contributed by atoms with Gasteiger partial charge in [0.25, 0.3) is 5.56 Å². The van der Waals surface area contributed by atoms with E-state index in [1.54, 1.807) is 54.7 Å². The van der Waals surface area contributed by atoms with Crippen LogP contribution in [-0.4, -0.2) is 87.9 Å². The van der Waals surface area contributed by atoms with E-state index in [1.807, 2.05) is 0 Å². The highest BCUT2D eigenvalue weighted by Crippen LogP contribution is 2.31. The van der Waals surface area contributed by atoms with Crippen molar-refractivity contribution in [1.82, 2.24) is 30.5 Å². The number of nitrogens with zero attached hydrogens (tertiary/aromatic N) is 4. The maximum atomic E-state index is 15.2. The molecule has 1 atom stereocenters. The normalized spacial score (nSPS) is 24.2. The molecule has 5 N–H and O–H groups in total. The third kappa shape index (κ3) is 9.04. The van der Waals surface area contributed by atoms with E-state index in [2.05, 4.69) is 46.0 Å². The summed E-state index contributed by atoms with van der Waals surface area (Å²) in [6.45, 7) is 3.10. The van der Waals surface area contributed by atoms with Crippen LogP contribution in [0.3, 0.4) is 0 Å². The van der Waals surface area contributed by atoms with E-state index in [0.29, 0.717) is 59.6 Å². The van der Waals surface area contributed by atoms with Gasteiger partial charge in [-0.3, -0.25) is 29.4 Å². The SMILES string of the molecule is O=C1CCC(Nc2ccc(N3CCN(C4CCC(NC(=O)[C@H]5CC[C@H](Nc6ncc(F)c(-c7cccc(-c8ccc[nH]c8=O)c7)n6)CC5)CC4)CC3)c(F)c2)C(=O)N1. The number of piperazine rings is 1. The summed E-state index contributed by atoms with van der Waals surface area (Å²) in [5.74, 6) is -1.18. The number of piperidine rings is 1. The fourth-order valence-corrected chi connectivity index (χ4v) is 8.92. The molecule has 4 aromatic rings. The maximum Gasteiger partial charge on any atom is 0.255 e. The second-order valence-electron chi connectivity index (χ2n) is 15.9. The number of imide groups is 1. The molecule has 2 aliphatic heterocycles. The zero-order valence-corrected chi connectivity index (χ0v) is 32.3. The molecule has 2 aliphatic carbocycles. The van der Waals surface area contributed by atoms with Gasteiger partial charge in [-0.15, -0.1) is 0 Å². The lowest BCUT2D eigenvalue weighted by Gasteiger charge is -2.43. The predicted molar refractivity (Wildman–Crippen MR) is 217 cm³/mol. The van der Waals surface area contributed by atoms with Crippen molar-refractivity contribution >= 4 is 35.0 Å². The summed E-state index contributed by atoms with van der Waals surface area (Å²) >= 11 is 0. The third-order valence-corrected chi connectivity index (χ3v) is 12.2. The van der Waals surface area contributed by atoms with Crippen molar-refractivity contribution in [2.24, 2.45) is 5.92 Å². The van der Waals surface area contributed by atoms with Gasteiger partial charge in [0.05, 0.1) is 11.9 Å². The van der Waals surface area contributed by atoms with Gasteiger partial charge in [-0.25, -0.2) is 18.7 Å². The number of H-pyrrole nitrogens is 1. The molecule has 58 heavy (non-hydrogen) atoms. The van der Waals surface area contributed by atoms with Crippen molar-refractivity contribution in [2.45, 2.75) is 88.4 Å². The minimum absolute atomic E-state index is 0.0555. The minimum atomic E-state index is -0.562. The lowest BCUT2D eigenvalue weighted by Crippen LogP contribution is -2.52. The number of pyridine rings is 1. The van der Waals surface area contributed by atoms with Gasteiger partial charge in [-0.1, -0.05) is 18.2 Å². The van der Waals surface area contributed by atoms with Gasteiger partial charge in [0.1, 0.15) is 17.6 Å². The number of amides is 3. The van der Waals surface area contributed by atoms with Crippen LogP contribution in [0.5, 0.6) is 0 Å². The Labute approximate surface area is 335 Å². The number of hydrogen-bond acceptors (Lipinski definition) is 10. The second-order valence-corrected chi connectivity index (χ2v) is 15.9. The summed E-state index contributed by atoms with van der Waals surface area (Å²) in [4.78, 5) is 65.2. The lowest BCUT2D eigenvalue weighted by atomic mass is 9.84. The number of nitrogens with one attached hydrogen (secondary N) is 5. The largest absolute Gasteiger partial charge is 0.374 e. The average molecular weight is 794 g/mol. The molecule has 0 spiro atoms. The summed E-state index contributed by atoms with van der Waals surface area (Å²) in [5.41, 5.74) is 2.67. The summed E-state index contributed by atoms with van der Waals surface area (Å²) < 4.78 is 30.2. The number of carbonyl (C=O) groups excluding carboxylic acids is 3. The molecular formula is C43H49F2N9O4. The van der Waals surface area contributed by atoms with Crippen LogP contribution in [0.2, 0.25) is 0 Å². The number of rotatable bonds is 10. The summed E-state index contributed by atoms with van der Waals surface area (Å²) in [5, 5.41) is 12.1. The molecular weight excluding hydrogens is 745 g/mol. The molecule has 0 bridgehead atoms. The van der Waals surface area contributed by atoms with Gasteiger partial charge >= 0.3 is 0 Å². The van der Waals surface area contributed by atoms with Gasteiger partial charge in [0.2, 0.25) is 23.7 Å². The first-order chi connectivity index (χ1) is 28.2. The van der Waals surface area contributed by atoms with E-state index in [4.69, 9.17) is 0 Å². The molecule has 2 aromatic carbocycles. The standard InChI is InChI=1S/C43H49F2N9O4/c44-34-24-31(48-36-15-17-38(55)51-42(36)58)12-16-37(34)54-21-19-53(20-22-54)32-13-10-29(11-14-32)49-40(56)26-6-8-30(9-7-26)50-43-47-25-35(45)39(52-43)28-4-1-3-27(23-28)33-5-2-18-46-41(33)57/h1-5,12,16,18,23-26,29-30,32,36,48H,6-11,13-15,17,19-22H2,(H,46,57)(H,49,56)(H,47,50,52)(H,51,55,58)/t26-,29?,30-,32?,36?. The van der Waals surface area contributed by atoms with Gasteiger partial charge in [-0.2, -0.15) is 0 Å². The zero-order chi connectivity index (χ0) is 40.2. The Balaban J connectivity index is 0.760. The number of carbonyl (C=O) groups is 3. The number of aromatic nitrogens is 3. The molecule has 2 saturated heterocycles. The van der Waals surface area contributed by atoms with Crippen LogP contribution in [0.1, 0.15) is 64.2 Å². The summed E-state index contributed by atoms with van der Waals surface area (Å²) in [6.07, 6.45) is 10.3. The zero-order valence-electron chi connectivity index (χ0n) is 32.3. The smallest absolute Gasteiger partial charge is 0.255 e. The molecule has 13 nitrogen and oxygen atoms in total. The monoisotopic (exact) mass is 793 g/mol. The fraction of sp³-hybridized carbons (Fsp3) is 0.442. The van der Waals surface area contributed by atoms with Gasteiger partial charge in [0, 0.05) is 79.7 Å². The van der Waals surface area contributed by atoms with Crippen LogP contribution in [0.4, 0.5) is 26.1 Å². The topological polar surface area (TPSA) is 164 Å². The Kier molecular flexibility index (Phi) is 11.8. The number of benzene rings is 2. The van der Waals surface area contributed by atoms with Crippen LogP contribution in [0.15, 0.2) is 71.8 Å². The molecule has 8 rings (SSSR count). The quantitative estimate of drug-likeness (QED) is 0.135. The van der Waals surface area contributed by atoms with Crippen molar-refractivity contribution in [3.63, 3.8) is 0 Å². The minimum Gasteiger partial charge on any atom is -0.374 e. The highest BCUT2D eigenvalue weighted by atomic mass is 19.1. The van der Waals surface area contributed by atoms with Crippen LogP contribution in [0.25, 0.3) is 22.4 Å². The number of anilines is 3. The Hall–Kier alpha value is -5.70. The molecule has 4 aliphatic rings. The first-order valence-corrected chi connectivity index (χ1v) is 20.4. The van der Waals surface area contributed by atoms with Crippen molar-refractivity contribution in [3.05, 3.63) is 89.0 Å². The highest BCUT2D eigenvalue weighted by Gasteiger charge is 2.33. The Morgan fingerprint density at radius 1 is 0.776 bits per heavy atom. The van der Waals surface area contributed by atoms with E-state index in [9.17, 15) is 23.6 Å². The number of hydrogen-bond donors (Lipinski definition) is 5. The van der Waals surface area contributed by atoms with E-state index in [0.717, 1.165) is 70.7 Å². The molecule has 4 heterocycles. The number of aromatic amines is 1. The van der Waals surface area contributed by atoms with Crippen LogP contribution >= 0.6 is 0 Å². The Morgan fingerprint density at radius 3 is 2.28 bits per heavy atom.